The molecule has 168 valence electrons. The van der Waals surface area contributed by atoms with Gasteiger partial charge in [0.1, 0.15) is 5.75 Å². The van der Waals surface area contributed by atoms with Crippen LogP contribution in [0.25, 0.3) is 0 Å². The minimum absolute atomic E-state index is 0.175. The highest BCUT2D eigenvalue weighted by atomic mass is 32.2. The molecule has 0 aliphatic heterocycles. The van der Waals surface area contributed by atoms with Crippen LogP contribution in [0.2, 0.25) is 0 Å². The summed E-state index contributed by atoms with van der Waals surface area (Å²) in [6.07, 6.45) is 5.21. The number of hydrogen-bond donors (Lipinski definition) is 3. The van der Waals surface area contributed by atoms with E-state index in [9.17, 15) is 13.5 Å². The van der Waals surface area contributed by atoms with Crippen molar-refractivity contribution in [3.8, 4) is 5.75 Å². The number of nitrogens with zero attached hydrogens (tertiary/aromatic N) is 2. The van der Waals surface area contributed by atoms with Gasteiger partial charge in [0.2, 0.25) is 10.0 Å². The lowest BCUT2D eigenvalue weighted by Gasteiger charge is -2.13. The van der Waals surface area contributed by atoms with E-state index in [1.807, 2.05) is 12.1 Å². The standard InChI is InChI=1S/C22H30N4O3S2/c1-4-5-6-7-11-21(17-12-14-19(27)15-13-17)24-25-22(30)23-18-9-8-10-20(16-18)31(28,29)26(2)3/h8-10,12-16,27H,4-7,11H2,1-3H3,(H2,23,25,30)/b24-21-. The molecule has 2 rings (SSSR count). The van der Waals surface area contributed by atoms with Crippen LogP contribution in [-0.4, -0.2) is 42.7 Å². The quantitative estimate of drug-likeness (QED) is 0.211. The van der Waals surface area contributed by atoms with E-state index in [1.165, 1.54) is 32.6 Å². The number of rotatable bonds is 10. The van der Waals surface area contributed by atoms with E-state index in [0.29, 0.717) is 5.69 Å². The van der Waals surface area contributed by atoms with Crippen molar-refractivity contribution in [2.75, 3.05) is 19.4 Å². The van der Waals surface area contributed by atoms with Gasteiger partial charge in [-0.25, -0.2) is 12.7 Å². The lowest BCUT2D eigenvalue weighted by molar-refractivity contribution is 0.475. The first kappa shape index (κ1) is 24.8. The molecule has 2 aromatic carbocycles. The molecule has 0 atom stereocenters. The second-order valence-electron chi connectivity index (χ2n) is 7.30. The van der Waals surface area contributed by atoms with Gasteiger partial charge in [-0.15, -0.1) is 0 Å². The monoisotopic (exact) mass is 462 g/mol. The van der Waals surface area contributed by atoms with Crippen molar-refractivity contribution in [3.63, 3.8) is 0 Å². The predicted molar refractivity (Wildman–Crippen MR) is 130 cm³/mol. The molecule has 0 bridgehead atoms. The van der Waals surface area contributed by atoms with E-state index in [0.717, 1.165) is 41.3 Å². The molecule has 0 saturated heterocycles. The highest BCUT2D eigenvalue weighted by Crippen LogP contribution is 2.18. The van der Waals surface area contributed by atoms with Crippen LogP contribution in [0.3, 0.4) is 0 Å². The Morgan fingerprint density at radius 1 is 1.10 bits per heavy atom. The molecule has 9 heteroatoms. The van der Waals surface area contributed by atoms with E-state index in [1.54, 1.807) is 24.3 Å². The smallest absolute Gasteiger partial charge is 0.242 e. The zero-order valence-corrected chi connectivity index (χ0v) is 19.8. The summed E-state index contributed by atoms with van der Waals surface area (Å²) in [6.45, 7) is 2.17. The Balaban J connectivity index is 2.11. The number of aromatic hydroxyl groups is 1. The molecule has 0 spiro atoms. The summed E-state index contributed by atoms with van der Waals surface area (Å²) in [7, 11) is -0.558. The topological polar surface area (TPSA) is 94.0 Å². The third kappa shape index (κ3) is 7.61. The van der Waals surface area contributed by atoms with Gasteiger partial charge in [0.25, 0.3) is 0 Å². The Kier molecular flexibility index (Phi) is 9.42. The zero-order valence-electron chi connectivity index (χ0n) is 18.1. The van der Waals surface area contributed by atoms with Crippen molar-refractivity contribution in [2.24, 2.45) is 5.10 Å². The zero-order chi connectivity index (χ0) is 22.9. The molecule has 0 fully saturated rings. The number of sulfonamides is 1. The highest BCUT2D eigenvalue weighted by molar-refractivity contribution is 7.89. The highest BCUT2D eigenvalue weighted by Gasteiger charge is 2.17. The van der Waals surface area contributed by atoms with Crippen LogP contribution in [0, 0.1) is 0 Å². The van der Waals surface area contributed by atoms with Crippen LogP contribution in [0.4, 0.5) is 5.69 Å². The van der Waals surface area contributed by atoms with Crippen LogP contribution < -0.4 is 10.7 Å². The Morgan fingerprint density at radius 2 is 1.81 bits per heavy atom. The molecule has 0 amide bonds. The molecule has 0 aliphatic rings. The Hall–Kier alpha value is -2.49. The van der Waals surface area contributed by atoms with Crippen molar-refractivity contribution in [2.45, 2.75) is 43.9 Å². The van der Waals surface area contributed by atoms with Gasteiger partial charge in [0, 0.05) is 19.8 Å². The lowest BCUT2D eigenvalue weighted by Crippen LogP contribution is -2.26. The first-order valence-electron chi connectivity index (χ1n) is 10.2. The third-order valence-corrected chi connectivity index (χ3v) is 6.63. The summed E-state index contributed by atoms with van der Waals surface area (Å²) in [5.41, 5.74) is 5.14. The first-order chi connectivity index (χ1) is 14.7. The number of hydrazone groups is 1. The summed E-state index contributed by atoms with van der Waals surface area (Å²) in [5.74, 6) is 0.201. The second-order valence-corrected chi connectivity index (χ2v) is 9.86. The van der Waals surface area contributed by atoms with Crippen molar-refractivity contribution in [1.82, 2.24) is 9.73 Å². The van der Waals surface area contributed by atoms with Crippen LogP contribution in [0.1, 0.15) is 44.6 Å². The van der Waals surface area contributed by atoms with Gasteiger partial charge >= 0.3 is 0 Å². The van der Waals surface area contributed by atoms with E-state index in [2.05, 4.69) is 22.8 Å². The molecule has 31 heavy (non-hydrogen) atoms. The maximum absolute atomic E-state index is 12.3. The first-order valence-corrected chi connectivity index (χ1v) is 12.0. The second kappa shape index (κ2) is 11.8. The third-order valence-electron chi connectivity index (χ3n) is 4.63. The molecule has 0 aliphatic carbocycles. The number of nitrogens with one attached hydrogen (secondary N) is 2. The average Bonchev–Trinajstić information content (AvgIpc) is 2.74. The summed E-state index contributed by atoms with van der Waals surface area (Å²) >= 11 is 5.34. The minimum Gasteiger partial charge on any atom is -0.508 e. The SMILES string of the molecule is CCCCCC/C(=N/NC(=S)Nc1cccc(S(=O)(=O)N(C)C)c1)c1ccc(O)cc1. The molecular formula is C22H30N4O3S2. The fourth-order valence-electron chi connectivity index (χ4n) is 2.86. The molecule has 0 radical (unpaired) electrons. The Labute approximate surface area is 190 Å². The van der Waals surface area contributed by atoms with Gasteiger partial charge in [-0.1, -0.05) is 32.3 Å². The molecule has 3 N–H and O–H groups in total. The summed E-state index contributed by atoms with van der Waals surface area (Å²) in [5, 5.41) is 17.2. The van der Waals surface area contributed by atoms with Gasteiger partial charge in [0.15, 0.2) is 5.11 Å². The Morgan fingerprint density at radius 3 is 2.45 bits per heavy atom. The molecule has 2 aromatic rings. The van der Waals surface area contributed by atoms with E-state index in [-0.39, 0.29) is 15.8 Å². The molecule has 0 heterocycles. The van der Waals surface area contributed by atoms with E-state index in [4.69, 9.17) is 12.2 Å². The summed E-state index contributed by atoms with van der Waals surface area (Å²) in [6, 6.07) is 13.4. The van der Waals surface area contributed by atoms with Gasteiger partial charge in [0.05, 0.1) is 10.6 Å². The van der Waals surface area contributed by atoms with Crippen molar-refractivity contribution >= 4 is 38.8 Å². The number of anilines is 1. The molecule has 0 aromatic heterocycles. The van der Waals surface area contributed by atoms with E-state index < -0.39 is 10.0 Å². The lowest BCUT2D eigenvalue weighted by atomic mass is 10.0. The van der Waals surface area contributed by atoms with Crippen LogP contribution in [-0.2, 0) is 10.0 Å². The van der Waals surface area contributed by atoms with Crippen molar-refractivity contribution in [3.05, 3.63) is 54.1 Å². The Bertz CT molecular complexity index is 1000. The van der Waals surface area contributed by atoms with Gasteiger partial charge in [-0.3, -0.25) is 5.43 Å². The number of benzene rings is 2. The molecule has 0 unspecified atom stereocenters. The summed E-state index contributed by atoms with van der Waals surface area (Å²) in [4.78, 5) is 0.175. The van der Waals surface area contributed by atoms with Crippen molar-refractivity contribution < 1.29 is 13.5 Å². The number of hydrogen-bond acceptors (Lipinski definition) is 5. The maximum atomic E-state index is 12.3. The number of unbranched alkanes of at least 4 members (excludes halogenated alkanes) is 3. The fourth-order valence-corrected chi connectivity index (χ4v) is 3.97. The number of phenols is 1. The molecular weight excluding hydrogens is 432 g/mol. The van der Waals surface area contributed by atoms with Gasteiger partial charge in [-0.05, 0) is 73.1 Å². The van der Waals surface area contributed by atoms with Crippen molar-refractivity contribution in [1.29, 1.82) is 0 Å². The number of thiocarbonyl (C=S) groups is 1. The van der Waals surface area contributed by atoms with Crippen LogP contribution in [0.5, 0.6) is 5.75 Å². The minimum atomic E-state index is -3.53. The maximum Gasteiger partial charge on any atom is 0.242 e. The average molecular weight is 463 g/mol. The van der Waals surface area contributed by atoms with Gasteiger partial charge < -0.3 is 10.4 Å². The summed E-state index contributed by atoms with van der Waals surface area (Å²) < 4.78 is 25.8. The normalized spacial score (nSPS) is 12.1. The van der Waals surface area contributed by atoms with Crippen LogP contribution in [0.15, 0.2) is 58.5 Å². The van der Waals surface area contributed by atoms with E-state index >= 15 is 0 Å². The molecule has 7 nitrogen and oxygen atoms in total. The predicted octanol–water partition coefficient (Wildman–Crippen LogP) is 4.30. The van der Waals surface area contributed by atoms with Crippen LogP contribution >= 0.6 is 12.2 Å². The number of phenolic OH excluding ortho intramolecular Hbond substituents is 1. The van der Waals surface area contributed by atoms with Gasteiger partial charge in [-0.2, -0.15) is 5.10 Å². The fraction of sp³-hybridized carbons (Fsp3) is 0.364. The molecule has 0 saturated carbocycles. The largest absolute Gasteiger partial charge is 0.508 e.